The van der Waals surface area contributed by atoms with Gasteiger partial charge < -0.3 is 5.32 Å². The average Bonchev–Trinajstić information content (AvgIpc) is 2.46. The van der Waals surface area contributed by atoms with Crippen LogP contribution in [-0.4, -0.2) is 6.54 Å². The molecule has 0 spiro atoms. The fourth-order valence-corrected chi connectivity index (χ4v) is 3.64. The predicted molar refractivity (Wildman–Crippen MR) is 84.4 cm³/mol. The van der Waals surface area contributed by atoms with Crippen molar-refractivity contribution < 1.29 is 0 Å². The van der Waals surface area contributed by atoms with E-state index in [1.807, 2.05) is 0 Å². The Labute approximate surface area is 121 Å². The SMILES string of the molecule is c1ccc2c(c1)CC(c1ccccc1C1CCC1)CN2. The van der Waals surface area contributed by atoms with Gasteiger partial charge in [-0.05, 0) is 47.9 Å². The average molecular weight is 263 g/mol. The van der Waals surface area contributed by atoms with Gasteiger partial charge in [0.2, 0.25) is 0 Å². The topological polar surface area (TPSA) is 12.0 Å². The maximum atomic E-state index is 3.61. The first-order valence-electron chi connectivity index (χ1n) is 7.82. The first-order chi connectivity index (χ1) is 9.92. The van der Waals surface area contributed by atoms with Crippen LogP contribution in [0.15, 0.2) is 48.5 Å². The number of para-hydroxylation sites is 1. The second kappa shape index (κ2) is 4.97. The molecule has 1 unspecified atom stereocenters. The molecular weight excluding hydrogens is 242 g/mol. The van der Waals surface area contributed by atoms with Crippen LogP contribution in [0.1, 0.15) is 47.8 Å². The van der Waals surface area contributed by atoms with Gasteiger partial charge in [0.05, 0.1) is 0 Å². The summed E-state index contributed by atoms with van der Waals surface area (Å²) >= 11 is 0. The van der Waals surface area contributed by atoms with Gasteiger partial charge in [0.1, 0.15) is 0 Å². The molecule has 0 amide bonds. The Morgan fingerprint density at radius 3 is 2.25 bits per heavy atom. The maximum Gasteiger partial charge on any atom is 0.0373 e. The summed E-state index contributed by atoms with van der Waals surface area (Å²) in [7, 11) is 0. The van der Waals surface area contributed by atoms with Crippen LogP contribution in [0.2, 0.25) is 0 Å². The third kappa shape index (κ3) is 2.02. The van der Waals surface area contributed by atoms with Crippen LogP contribution in [-0.2, 0) is 6.42 Å². The number of rotatable bonds is 2. The van der Waals surface area contributed by atoms with E-state index in [1.54, 1.807) is 11.1 Å². The molecule has 102 valence electrons. The van der Waals surface area contributed by atoms with E-state index in [-0.39, 0.29) is 0 Å². The zero-order chi connectivity index (χ0) is 13.4. The molecule has 1 fully saturated rings. The fourth-order valence-electron chi connectivity index (χ4n) is 3.64. The van der Waals surface area contributed by atoms with Crippen LogP contribution in [0, 0.1) is 0 Å². The Morgan fingerprint density at radius 2 is 1.50 bits per heavy atom. The molecule has 1 aliphatic carbocycles. The van der Waals surface area contributed by atoms with Gasteiger partial charge in [-0.3, -0.25) is 0 Å². The Morgan fingerprint density at radius 1 is 0.800 bits per heavy atom. The maximum absolute atomic E-state index is 3.61. The molecule has 20 heavy (non-hydrogen) atoms. The van der Waals surface area contributed by atoms with Crippen molar-refractivity contribution >= 4 is 5.69 Å². The molecular formula is C19H21N. The van der Waals surface area contributed by atoms with E-state index in [4.69, 9.17) is 0 Å². The second-order valence-electron chi connectivity index (χ2n) is 6.20. The van der Waals surface area contributed by atoms with Crippen molar-refractivity contribution in [3.05, 3.63) is 65.2 Å². The third-order valence-corrected chi connectivity index (χ3v) is 5.00. The number of nitrogens with one attached hydrogen (secondary N) is 1. The fraction of sp³-hybridized carbons (Fsp3) is 0.368. The molecule has 2 aromatic carbocycles. The Balaban J connectivity index is 1.66. The van der Waals surface area contributed by atoms with Gasteiger partial charge in [-0.15, -0.1) is 0 Å². The second-order valence-corrected chi connectivity index (χ2v) is 6.20. The van der Waals surface area contributed by atoms with Crippen molar-refractivity contribution in [3.63, 3.8) is 0 Å². The van der Waals surface area contributed by atoms with Crippen LogP contribution in [0.25, 0.3) is 0 Å². The summed E-state index contributed by atoms with van der Waals surface area (Å²) in [6.07, 6.45) is 5.35. The quantitative estimate of drug-likeness (QED) is 0.827. The molecule has 0 radical (unpaired) electrons. The smallest absolute Gasteiger partial charge is 0.0373 e. The Hall–Kier alpha value is -1.76. The molecule has 1 nitrogen and oxygen atoms in total. The highest BCUT2D eigenvalue weighted by molar-refractivity contribution is 5.55. The molecule has 1 atom stereocenters. The molecule has 1 heteroatoms. The van der Waals surface area contributed by atoms with E-state index in [2.05, 4.69) is 53.8 Å². The van der Waals surface area contributed by atoms with Crippen molar-refractivity contribution in [3.8, 4) is 0 Å². The normalized spacial score (nSPS) is 21.7. The van der Waals surface area contributed by atoms with E-state index < -0.39 is 0 Å². The lowest BCUT2D eigenvalue weighted by Crippen LogP contribution is -2.23. The number of hydrogen-bond donors (Lipinski definition) is 1. The Bertz CT molecular complexity index is 613. The van der Waals surface area contributed by atoms with Crippen molar-refractivity contribution in [1.29, 1.82) is 0 Å². The van der Waals surface area contributed by atoms with Gasteiger partial charge >= 0.3 is 0 Å². The molecule has 4 rings (SSSR count). The molecule has 1 N–H and O–H groups in total. The van der Waals surface area contributed by atoms with Crippen LogP contribution in [0.5, 0.6) is 0 Å². The Kier molecular flexibility index (Phi) is 2.99. The van der Waals surface area contributed by atoms with E-state index in [9.17, 15) is 0 Å². The minimum atomic E-state index is 0.627. The van der Waals surface area contributed by atoms with Crippen molar-refractivity contribution in [2.45, 2.75) is 37.5 Å². The van der Waals surface area contributed by atoms with E-state index in [0.29, 0.717) is 5.92 Å². The number of benzene rings is 2. The lowest BCUT2D eigenvalue weighted by molar-refractivity contribution is 0.415. The summed E-state index contributed by atoms with van der Waals surface area (Å²) in [6.45, 7) is 1.07. The molecule has 1 saturated carbocycles. The number of hydrogen-bond acceptors (Lipinski definition) is 1. The summed E-state index contributed by atoms with van der Waals surface area (Å²) in [5.74, 6) is 1.45. The van der Waals surface area contributed by atoms with Crippen molar-refractivity contribution in [2.24, 2.45) is 0 Å². The van der Waals surface area contributed by atoms with Gasteiger partial charge in [-0.25, -0.2) is 0 Å². The van der Waals surface area contributed by atoms with Crippen LogP contribution >= 0.6 is 0 Å². The number of fused-ring (bicyclic) bond motifs is 1. The summed E-state index contributed by atoms with van der Waals surface area (Å²) in [6, 6.07) is 17.9. The van der Waals surface area contributed by atoms with Gasteiger partial charge in [0.15, 0.2) is 0 Å². The molecule has 1 heterocycles. The van der Waals surface area contributed by atoms with Crippen LogP contribution in [0.4, 0.5) is 5.69 Å². The lowest BCUT2D eigenvalue weighted by atomic mass is 9.75. The summed E-state index contributed by atoms with van der Waals surface area (Å²) < 4.78 is 0. The standard InChI is InChI=1S/C19H21N/c1-4-11-19-15(6-1)12-16(13-20-19)18-10-3-2-9-17(18)14-7-5-8-14/h1-4,6,9-11,14,16,20H,5,7-8,12-13H2. The highest BCUT2D eigenvalue weighted by Gasteiger charge is 2.26. The summed E-state index contributed by atoms with van der Waals surface area (Å²) in [4.78, 5) is 0. The molecule has 2 aromatic rings. The van der Waals surface area contributed by atoms with Gasteiger partial charge in [0, 0.05) is 18.2 Å². The minimum absolute atomic E-state index is 0.627. The van der Waals surface area contributed by atoms with Gasteiger partial charge in [-0.2, -0.15) is 0 Å². The van der Waals surface area contributed by atoms with E-state index in [1.165, 1.54) is 36.9 Å². The highest BCUT2D eigenvalue weighted by Crippen LogP contribution is 2.41. The third-order valence-electron chi connectivity index (χ3n) is 5.00. The van der Waals surface area contributed by atoms with Crippen molar-refractivity contribution in [1.82, 2.24) is 0 Å². The summed E-state index contributed by atoms with van der Waals surface area (Å²) in [5, 5.41) is 3.61. The monoisotopic (exact) mass is 263 g/mol. The van der Waals surface area contributed by atoms with Gasteiger partial charge in [-0.1, -0.05) is 48.9 Å². The first kappa shape index (κ1) is 12.0. The zero-order valence-electron chi connectivity index (χ0n) is 11.8. The predicted octanol–water partition coefficient (Wildman–Crippen LogP) is 4.71. The number of anilines is 1. The van der Waals surface area contributed by atoms with E-state index in [0.717, 1.165) is 12.5 Å². The first-order valence-corrected chi connectivity index (χ1v) is 7.82. The molecule has 0 aromatic heterocycles. The van der Waals surface area contributed by atoms with Crippen molar-refractivity contribution in [2.75, 3.05) is 11.9 Å². The minimum Gasteiger partial charge on any atom is -0.384 e. The molecule has 1 aliphatic heterocycles. The summed E-state index contributed by atoms with van der Waals surface area (Å²) in [5.41, 5.74) is 5.99. The van der Waals surface area contributed by atoms with E-state index >= 15 is 0 Å². The molecule has 2 aliphatic rings. The molecule has 0 bridgehead atoms. The zero-order valence-corrected chi connectivity index (χ0v) is 11.8. The lowest BCUT2D eigenvalue weighted by Gasteiger charge is -2.33. The van der Waals surface area contributed by atoms with Crippen LogP contribution in [0.3, 0.4) is 0 Å². The van der Waals surface area contributed by atoms with Gasteiger partial charge in [0.25, 0.3) is 0 Å². The van der Waals surface area contributed by atoms with Crippen LogP contribution < -0.4 is 5.32 Å². The molecule has 0 saturated heterocycles. The largest absolute Gasteiger partial charge is 0.384 e. The highest BCUT2D eigenvalue weighted by atomic mass is 14.9.